The Morgan fingerprint density at radius 1 is 0.926 bits per heavy atom. The van der Waals surface area contributed by atoms with Gasteiger partial charge in [-0.1, -0.05) is 48.5 Å². The molecule has 27 heavy (non-hydrogen) atoms. The molecular weight excluding hydrogens is 334 g/mol. The number of rotatable bonds is 5. The summed E-state index contributed by atoms with van der Waals surface area (Å²) in [6.07, 6.45) is 4.11. The van der Waals surface area contributed by atoms with Gasteiger partial charge in [-0.2, -0.15) is 0 Å². The largest absolute Gasteiger partial charge is 0.357 e. The van der Waals surface area contributed by atoms with Gasteiger partial charge in [-0.3, -0.25) is 4.79 Å². The number of para-hydroxylation sites is 1. The Bertz CT molecular complexity index is 890. The van der Waals surface area contributed by atoms with E-state index in [2.05, 4.69) is 9.88 Å². The number of nitrogens with zero attached hydrogens (tertiary/aromatic N) is 3. The zero-order valence-corrected chi connectivity index (χ0v) is 15.3. The fraction of sp³-hybridized carbons (Fsp3) is 0.217. The van der Waals surface area contributed by atoms with E-state index in [1.165, 1.54) is 12.8 Å². The van der Waals surface area contributed by atoms with Crippen LogP contribution >= 0.6 is 0 Å². The molecule has 1 amide bonds. The molecule has 1 aliphatic heterocycles. The number of aromatic nitrogens is 1. The lowest BCUT2D eigenvalue weighted by Crippen LogP contribution is -2.30. The van der Waals surface area contributed by atoms with Crippen molar-refractivity contribution in [3.05, 3.63) is 90.1 Å². The van der Waals surface area contributed by atoms with Gasteiger partial charge in [0.05, 0.1) is 6.54 Å². The van der Waals surface area contributed by atoms with E-state index >= 15 is 0 Å². The minimum Gasteiger partial charge on any atom is -0.357 e. The van der Waals surface area contributed by atoms with Gasteiger partial charge in [0.1, 0.15) is 5.82 Å². The van der Waals surface area contributed by atoms with Crippen LogP contribution in [0.25, 0.3) is 0 Å². The van der Waals surface area contributed by atoms with Gasteiger partial charge in [0, 0.05) is 30.5 Å². The zero-order valence-electron chi connectivity index (χ0n) is 15.3. The van der Waals surface area contributed by atoms with E-state index < -0.39 is 0 Å². The second kappa shape index (κ2) is 8.04. The van der Waals surface area contributed by atoms with Crippen molar-refractivity contribution in [1.82, 2.24) is 4.98 Å². The van der Waals surface area contributed by atoms with Gasteiger partial charge in [0.15, 0.2) is 0 Å². The molecule has 2 heterocycles. The molecule has 4 heteroatoms. The highest BCUT2D eigenvalue weighted by molar-refractivity contribution is 6.06. The van der Waals surface area contributed by atoms with Crippen molar-refractivity contribution in [1.29, 1.82) is 0 Å². The van der Waals surface area contributed by atoms with Crippen LogP contribution in [0.1, 0.15) is 28.8 Å². The van der Waals surface area contributed by atoms with Crippen molar-refractivity contribution in [2.45, 2.75) is 19.4 Å². The molecule has 0 spiro atoms. The van der Waals surface area contributed by atoms with E-state index in [1.54, 1.807) is 6.20 Å². The molecule has 1 fully saturated rings. The minimum absolute atomic E-state index is 0.00657. The first-order valence-corrected chi connectivity index (χ1v) is 9.43. The van der Waals surface area contributed by atoms with Crippen molar-refractivity contribution in [3.8, 4) is 0 Å². The average Bonchev–Trinajstić information content (AvgIpc) is 3.28. The number of carbonyl (C=O) groups excluding carboxylic acids is 1. The molecule has 1 saturated heterocycles. The van der Waals surface area contributed by atoms with Crippen molar-refractivity contribution in [2.24, 2.45) is 0 Å². The maximum absolute atomic E-state index is 13.4. The summed E-state index contributed by atoms with van der Waals surface area (Å²) in [5.74, 6) is 0.888. The normalized spacial score (nSPS) is 13.6. The molecule has 136 valence electrons. The highest BCUT2D eigenvalue weighted by Crippen LogP contribution is 2.23. The standard InChI is InChI=1S/C23H23N3O/c27-23(20-13-14-24-22(17-20)25-15-7-8-16-25)26(21-11-5-2-6-12-21)18-19-9-3-1-4-10-19/h1-6,9-14,17H,7-8,15-16,18H2. The molecule has 0 saturated carbocycles. The number of amides is 1. The summed E-state index contributed by atoms with van der Waals surface area (Å²) >= 11 is 0. The summed E-state index contributed by atoms with van der Waals surface area (Å²) in [7, 11) is 0. The first kappa shape index (κ1) is 17.3. The third-order valence-corrected chi connectivity index (χ3v) is 4.92. The van der Waals surface area contributed by atoms with Crippen molar-refractivity contribution >= 4 is 17.4 Å². The Labute approximate surface area is 160 Å². The van der Waals surface area contributed by atoms with Crippen LogP contribution in [-0.4, -0.2) is 24.0 Å². The van der Waals surface area contributed by atoms with Gasteiger partial charge in [0.25, 0.3) is 5.91 Å². The van der Waals surface area contributed by atoms with Gasteiger partial charge in [0.2, 0.25) is 0 Å². The molecule has 4 nitrogen and oxygen atoms in total. The topological polar surface area (TPSA) is 36.4 Å². The van der Waals surface area contributed by atoms with Crippen molar-refractivity contribution < 1.29 is 4.79 Å². The Balaban J connectivity index is 1.65. The predicted octanol–water partition coefficient (Wildman–Crippen LogP) is 4.53. The zero-order chi connectivity index (χ0) is 18.5. The van der Waals surface area contributed by atoms with E-state index in [-0.39, 0.29) is 5.91 Å². The first-order chi connectivity index (χ1) is 13.3. The number of hydrogen-bond donors (Lipinski definition) is 0. The third-order valence-electron chi connectivity index (χ3n) is 4.92. The van der Waals surface area contributed by atoms with Gasteiger partial charge >= 0.3 is 0 Å². The lowest BCUT2D eigenvalue weighted by molar-refractivity contribution is 0.0985. The molecule has 0 N–H and O–H groups in total. The van der Waals surface area contributed by atoms with E-state index in [4.69, 9.17) is 0 Å². The summed E-state index contributed by atoms with van der Waals surface area (Å²) in [5, 5.41) is 0. The highest BCUT2D eigenvalue weighted by Gasteiger charge is 2.20. The summed E-state index contributed by atoms with van der Waals surface area (Å²) < 4.78 is 0. The summed E-state index contributed by atoms with van der Waals surface area (Å²) in [4.78, 5) is 22.0. The quantitative estimate of drug-likeness (QED) is 0.673. The molecule has 0 bridgehead atoms. The number of hydrogen-bond acceptors (Lipinski definition) is 3. The molecule has 0 aliphatic carbocycles. The second-order valence-corrected chi connectivity index (χ2v) is 6.81. The van der Waals surface area contributed by atoms with Crippen LogP contribution in [0.15, 0.2) is 79.0 Å². The summed E-state index contributed by atoms with van der Waals surface area (Å²) in [6, 6.07) is 23.7. The maximum atomic E-state index is 13.4. The Morgan fingerprint density at radius 3 is 2.30 bits per heavy atom. The van der Waals surface area contributed by atoms with Crippen LogP contribution < -0.4 is 9.80 Å². The van der Waals surface area contributed by atoms with Crippen LogP contribution in [0.5, 0.6) is 0 Å². The Kier molecular flexibility index (Phi) is 5.15. The maximum Gasteiger partial charge on any atom is 0.258 e. The monoisotopic (exact) mass is 357 g/mol. The molecule has 4 rings (SSSR count). The number of benzene rings is 2. The highest BCUT2D eigenvalue weighted by atomic mass is 16.2. The predicted molar refractivity (Wildman–Crippen MR) is 109 cm³/mol. The molecule has 2 aromatic carbocycles. The van der Waals surface area contributed by atoms with Crippen LogP contribution in [-0.2, 0) is 6.54 Å². The molecule has 0 atom stereocenters. The van der Waals surface area contributed by atoms with E-state index in [0.717, 1.165) is 30.2 Å². The van der Waals surface area contributed by atoms with Crippen molar-refractivity contribution in [2.75, 3.05) is 22.9 Å². The van der Waals surface area contributed by atoms with Gasteiger partial charge in [-0.25, -0.2) is 4.98 Å². The average molecular weight is 357 g/mol. The molecule has 0 unspecified atom stereocenters. The molecule has 3 aromatic rings. The van der Waals surface area contributed by atoms with Gasteiger partial charge < -0.3 is 9.80 Å². The van der Waals surface area contributed by atoms with Crippen LogP contribution in [0.2, 0.25) is 0 Å². The Morgan fingerprint density at radius 2 is 1.59 bits per heavy atom. The van der Waals surface area contributed by atoms with Crippen LogP contribution in [0, 0.1) is 0 Å². The fourth-order valence-electron chi connectivity index (χ4n) is 3.48. The second-order valence-electron chi connectivity index (χ2n) is 6.81. The van der Waals surface area contributed by atoms with Gasteiger partial charge in [-0.05, 0) is 42.7 Å². The lowest BCUT2D eigenvalue weighted by atomic mass is 10.1. The SMILES string of the molecule is O=C(c1ccnc(N2CCCC2)c1)N(Cc1ccccc1)c1ccccc1. The smallest absolute Gasteiger partial charge is 0.258 e. The molecule has 0 radical (unpaired) electrons. The van der Waals surface area contributed by atoms with E-state index in [0.29, 0.717) is 12.1 Å². The Hall–Kier alpha value is -3.14. The van der Waals surface area contributed by atoms with E-state index in [9.17, 15) is 4.79 Å². The molecule has 1 aromatic heterocycles. The fourth-order valence-corrected chi connectivity index (χ4v) is 3.48. The van der Waals surface area contributed by atoms with Crippen molar-refractivity contribution in [3.63, 3.8) is 0 Å². The van der Waals surface area contributed by atoms with Crippen LogP contribution in [0.3, 0.4) is 0 Å². The number of pyridine rings is 1. The van der Waals surface area contributed by atoms with Gasteiger partial charge in [-0.15, -0.1) is 0 Å². The summed E-state index contributed by atoms with van der Waals surface area (Å²) in [6.45, 7) is 2.55. The van der Waals surface area contributed by atoms with Crippen LogP contribution in [0.4, 0.5) is 11.5 Å². The minimum atomic E-state index is -0.00657. The molecular formula is C23H23N3O. The number of carbonyl (C=O) groups is 1. The lowest BCUT2D eigenvalue weighted by Gasteiger charge is -2.24. The van der Waals surface area contributed by atoms with E-state index in [1.807, 2.05) is 77.7 Å². The third kappa shape index (κ3) is 4.00. The number of anilines is 2. The molecule has 1 aliphatic rings. The first-order valence-electron chi connectivity index (χ1n) is 9.43. The summed E-state index contributed by atoms with van der Waals surface area (Å²) in [5.41, 5.74) is 2.67.